The van der Waals surface area contributed by atoms with Crippen LogP contribution in [-0.2, 0) is 0 Å². The smallest absolute Gasteiger partial charge is 0.0917 e. The Labute approximate surface area is 116 Å². The summed E-state index contributed by atoms with van der Waals surface area (Å²) in [6, 6.07) is 6.40. The van der Waals surface area contributed by atoms with E-state index in [1.807, 2.05) is 6.92 Å². The molecule has 0 amide bonds. The molecule has 0 spiro atoms. The van der Waals surface area contributed by atoms with Crippen molar-refractivity contribution in [2.45, 2.75) is 45.8 Å². The first-order valence-corrected chi connectivity index (χ1v) is 7.00. The van der Waals surface area contributed by atoms with Crippen LogP contribution in [0.3, 0.4) is 0 Å². The van der Waals surface area contributed by atoms with Gasteiger partial charge in [-0.1, -0.05) is 12.1 Å². The van der Waals surface area contributed by atoms with E-state index in [0.29, 0.717) is 13.1 Å². The highest BCUT2D eigenvalue weighted by molar-refractivity contribution is 5.58. The van der Waals surface area contributed by atoms with Gasteiger partial charge in [0.25, 0.3) is 0 Å². The predicted octanol–water partition coefficient (Wildman–Crippen LogP) is 2.24. The van der Waals surface area contributed by atoms with Crippen molar-refractivity contribution in [1.82, 2.24) is 5.32 Å². The summed E-state index contributed by atoms with van der Waals surface area (Å²) in [4.78, 5) is 2.34. The standard InChI is InChI=1S/C16H26N2O/c1-12-7-6-8-14(13(12)2)18-11-16(5,19)10-17-9-15(18,3)4/h6-8,17,19H,9-11H2,1-5H3. The summed E-state index contributed by atoms with van der Waals surface area (Å²) in [5, 5.41) is 13.8. The number of nitrogens with one attached hydrogen (secondary N) is 1. The molecule has 0 bridgehead atoms. The Hall–Kier alpha value is -1.06. The fourth-order valence-corrected chi connectivity index (χ4v) is 2.78. The summed E-state index contributed by atoms with van der Waals surface area (Å²) < 4.78 is 0. The molecular weight excluding hydrogens is 236 g/mol. The minimum Gasteiger partial charge on any atom is -0.387 e. The number of hydrogen-bond donors (Lipinski definition) is 2. The Balaban J connectivity index is 2.46. The summed E-state index contributed by atoms with van der Waals surface area (Å²) in [5.41, 5.74) is 3.11. The summed E-state index contributed by atoms with van der Waals surface area (Å²) in [6.07, 6.45) is 0. The van der Waals surface area contributed by atoms with Gasteiger partial charge in [0.2, 0.25) is 0 Å². The summed E-state index contributed by atoms with van der Waals surface area (Å²) in [7, 11) is 0. The zero-order valence-electron chi connectivity index (χ0n) is 12.7. The van der Waals surface area contributed by atoms with Crippen LogP contribution in [-0.4, -0.2) is 35.9 Å². The van der Waals surface area contributed by atoms with Gasteiger partial charge in [0.15, 0.2) is 0 Å². The van der Waals surface area contributed by atoms with E-state index in [0.717, 1.165) is 6.54 Å². The number of rotatable bonds is 1. The Kier molecular flexibility index (Phi) is 3.63. The van der Waals surface area contributed by atoms with Crippen molar-refractivity contribution < 1.29 is 5.11 Å². The van der Waals surface area contributed by atoms with E-state index in [-0.39, 0.29) is 5.54 Å². The Morgan fingerprint density at radius 2 is 1.84 bits per heavy atom. The van der Waals surface area contributed by atoms with Gasteiger partial charge in [-0.25, -0.2) is 0 Å². The van der Waals surface area contributed by atoms with Gasteiger partial charge in [-0.3, -0.25) is 0 Å². The third-order valence-electron chi connectivity index (χ3n) is 4.16. The van der Waals surface area contributed by atoms with Crippen LogP contribution in [0.15, 0.2) is 18.2 Å². The van der Waals surface area contributed by atoms with E-state index in [4.69, 9.17) is 0 Å². The van der Waals surface area contributed by atoms with Gasteiger partial charge < -0.3 is 15.3 Å². The molecule has 1 unspecified atom stereocenters. The minimum absolute atomic E-state index is 0.0148. The first kappa shape index (κ1) is 14.4. The quantitative estimate of drug-likeness (QED) is 0.815. The number of β-amino-alcohol motifs (C(OH)–C–C–N with tert-alkyl or cyclic N) is 1. The van der Waals surface area contributed by atoms with Crippen molar-refractivity contribution in [3.05, 3.63) is 29.3 Å². The van der Waals surface area contributed by atoms with Crippen molar-refractivity contribution in [2.75, 3.05) is 24.5 Å². The molecule has 1 aromatic rings. The first-order valence-electron chi connectivity index (χ1n) is 7.00. The first-order chi connectivity index (χ1) is 8.73. The maximum absolute atomic E-state index is 10.5. The van der Waals surface area contributed by atoms with Crippen LogP contribution in [0, 0.1) is 13.8 Å². The Bertz CT molecular complexity index is 466. The molecule has 1 atom stereocenters. The molecule has 0 aliphatic carbocycles. The van der Waals surface area contributed by atoms with E-state index < -0.39 is 5.60 Å². The third kappa shape index (κ3) is 2.93. The number of benzene rings is 1. The average Bonchev–Trinajstić information content (AvgIpc) is 2.39. The van der Waals surface area contributed by atoms with E-state index in [9.17, 15) is 5.11 Å². The molecule has 1 aliphatic rings. The minimum atomic E-state index is -0.704. The summed E-state index contributed by atoms with van der Waals surface area (Å²) in [6.45, 7) is 12.8. The third-order valence-corrected chi connectivity index (χ3v) is 4.16. The van der Waals surface area contributed by atoms with Crippen molar-refractivity contribution in [3.63, 3.8) is 0 Å². The van der Waals surface area contributed by atoms with E-state index in [1.165, 1.54) is 16.8 Å². The van der Waals surface area contributed by atoms with Crippen LogP contribution >= 0.6 is 0 Å². The highest BCUT2D eigenvalue weighted by atomic mass is 16.3. The van der Waals surface area contributed by atoms with Crippen molar-refractivity contribution in [3.8, 4) is 0 Å². The molecule has 19 heavy (non-hydrogen) atoms. The fourth-order valence-electron chi connectivity index (χ4n) is 2.78. The molecule has 1 fully saturated rings. The Morgan fingerprint density at radius 3 is 2.53 bits per heavy atom. The largest absolute Gasteiger partial charge is 0.387 e. The van der Waals surface area contributed by atoms with Crippen molar-refractivity contribution in [1.29, 1.82) is 0 Å². The molecule has 1 aromatic carbocycles. The summed E-state index contributed by atoms with van der Waals surface area (Å²) in [5.74, 6) is 0. The van der Waals surface area contributed by atoms with Crippen LogP contribution in [0.25, 0.3) is 0 Å². The highest BCUT2D eigenvalue weighted by Gasteiger charge is 2.37. The maximum atomic E-state index is 10.5. The lowest BCUT2D eigenvalue weighted by Crippen LogP contribution is -2.51. The van der Waals surface area contributed by atoms with Gasteiger partial charge in [0.1, 0.15) is 0 Å². The van der Waals surface area contributed by atoms with Crippen LogP contribution in [0.2, 0.25) is 0 Å². The SMILES string of the molecule is Cc1cccc(N2CC(C)(O)CNCC2(C)C)c1C. The highest BCUT2D eigenvalue weighted by Crippen LogP contribution is 2.31. The lowest BCUT2D eigenvalue weighted by Gasteiger charge is -2.42. The van der Waals surface area contributed by atoms with Gasteiger partial charge in [-0.15, -0.1) is 0 Å². The molecule has 1 heterocycles. The molecule has 3 nitrogen and oxygen atoms in total. The van der Waals surface area contributed by atoms with Crippen LogP contribution in [0.5, 0.6) is 0 Å². The molecule has 2 N–H and O–H groups in total. The lowest BCUT2D eigenvalue weighted by molar-refractivity contribution is 0.0720. The molecule has 0 saturated carbocycles. The van der Waals surface area contributed by atoms with Gasteiger partial charge in [0.05, 0.1) is 5.60 Å². The van der Waals surface area contributed by atoms with E-state index >= 15 is 0 Å². The zero-order valence-corrected chi connectivity index (χ0v) is 12.7. The number of anilines is 1. The van der Waals surface area contributed by atoms with Gasteiger partial charge in [-0.2, -0.15) is 0 Å². The van der Waals surface area contributed by atoms with Gasteiger partial charge in [0, 0.05) is 30.9 Å². The fraction of sp³-hybridized carbons (Fsp3) is 0.625. The number of aliphatic hydroxyl groups is 1. The molecule has 1 saturated heterocycles. The maximum Gasteiger partial charge on any atom is 0.0917 e. The molecular formula is C16H26N2O. The van der Waals surface area contributed by atoms with Crippen molar-refractivity contribution in [2.24, 2.45) is 0 Å². The zero-order chi connectivity index (χ0) is 14.3. The molecule has 3 heteroatoms. The van der Waals surface area contributed by atoms with Gasteiger partial charge >= 0.3 is 0 Å². The average molecular weight is 262 g/mol. The second kappa shape index (κ2) is 4.80. The van der Waals surface area contributed by atoms with Gasteiger partial charge in [-0.05, 0) is 51.8 Å². The van der Waals surface area contributed by atoms with Crippen LogP contribution in [0.1, 0.15) is 31.9 Å². The number of nitrogens with zero attached hydrogens (tertiary/aromatic N) is 1. The van der Waals surface area contributed by atoms with Crippen LogP contribution < -0.4 is 10.2 Å². The molecule has 1 aliphatic heterocycles. The second-order valence-corrected chi connectivity index (χ2v) is 6.72. The molecule has 0 radical (unpaired) electrons. The predicted molar refractivity (Wildman–Crippen MR) is 80.8 cm³/mol. The monoisotopic (exact) mass is 262 g/mol. The Morgan fingerprint density at radius 1 is 1.16 bits per heavy atom. The van der Waals surface area contributed by atoms with Crippen LogP contribution in [0.4, 0.5) is 5.69 Å². The molecule has 106 valence electrons. The lowest BCUT2D eigenvalue weighted by atomic mass is 9.97. The number of aryl methyl sites for hydroxylation is 1. The summed E-state index contributed by atoms with van der Waals surface area (Å²) >= 11 is 0. The molecule has 2 rings (SSSR count). The van der Waals surface area contributed by atoms with E-state index in [2.05, 4.69) is 56.1 Å². The normalized spacial score (nSPS) is 27.2. The van der Waals surface area contributed by atoms with Crippen molar-refractivity contribution >= 4 is 5.69 Å². The number of hydrogen-bond acceptors (Lipinski definition) is 3. The van der Waals surface area contributed by atoms with E-state index in [1.54, 1.807) is 0 Å². The topological polar surface area (TPSA) is 35.5 Å². The second-order valence-electron chi connectivity index (χ2n) is 6.72. The molecule has 0 aromatic heterocycles.